The van der Waals surface area contributed by atoms with E-state index in [1.54, 1.807) is 11.0 Å². The molecule has 2 amide bonds. The number of carbonyl (C=O) groups excluding carboxylic acids is 2. The van der Waals surface area contributed by atoms with Gasteiger partial charge in [-0.2, -0.15) is 0 Å². The lowest BCUT2D eigenvalue weighted by Gasteiger charge is -2.33. The largest absolute Gasteiger partial charge is 0.337 e. The van der Waals surface area contributed by atoms with E-state index in [4.69, 9.17) is 0 Å². The SMILES string of the molecule is O=C(CN1CCN(C(=O)C=Cc2ccccc2)CC1)Nc1ccc(F)cc1. The van der Waals surface area contributed by atoms with E-state index < -0.39 is 0 Å². The van der Waals surface area contributed by atoms with Crippen LogP contribution in [0.4, 0.5) is 10.1 Å². The van der Waals surface area contributed by atoms with Crippen molar-refractivity contribution in [1.29, 1.82) is 0 Å². The Morgan fingerprint density at radius 2 is 1.63 bits per heavy atom. The number of rotatable bonds is 5. The topological polar surface area (TPSA) is 52.7 Å². The van der Waals surface area contributed by atoms with Gasteiger partial charge in [0.05, 0.1) is 6.54 Å². The van der Waals surface area contributed by atoms with Crippen molar-refractivity contribution in [2.45, 2.75) is 0 Å². The van der Waals surface area contributed by atoms with E-state index >= 15 is 0 Å². The summed E-state index contributed by atoms with van der Waals surface area (Å²) in [5.74, 6) is -0.505. The van der Waals surface area contributed by atoms with E-state index in [1.807, 2.05) is 41.3 Å². The molecule has 27 heavy (non-hydrogen) atoms. The Kier molecular flexibility index (Phi) is 6.33. The normalized spacial score (nSPS) is 15.1. The molecule has 2 aromatic carbocycles. The first-order valence-corrected chi connectivity index (χ1v) is 8.90. The van der Waals surface area contributed by atoms with Crippen molar-refractivity contribution in [3.8, 4) is 0 Å². The molecule has 0 saturated carbocycles. The molecule has 1 saturated heterocycles. The molecule has 1 fully saturated rings. The quantitative estimate of drug-likeness (QED) is 0.827. The van der Waals surface area contributed by atoms with Gasteiger partial charge in [0.25, 0.3) is 0 Å². The Hall–Kier alpha value is -2.99. The van der Waals surface area contributed by atoms with E-state index in [2.05, 4.69) is 5.32 Å². The molecule has 2 aromatic rings. The molecule has 1 aliphatic rings. The zero-order valence-corrected chi connectivity index (χ0v) is 15.0. The highest BCUT2D eigenvalue weighted by Gasteiger charge is 2.21. The number of piperazine rings is 1. The van der Waals surface area contributed by atoms with Crippen molar-refractivity contribution < 1.29 is 14.0 Å². The molecule has 0 bridgehead atoms. The van der Waals surface area contributed by atoms with Crippen LogP contribution in [0.25, 0.3) is 6.08 Å². The van der Waals surface area contributed by atoms with Crippen LogP contribution in [0, 0.1) is 5.82 Å². The summed E-state index contributed by atoms with van der Waals surface area (Å²) >= 11 is 0. The maximum Gasteiger partial charge on any atom is 0.246 e. The van der Waals surface area contributed by atoms with Gasteiger partial charge in [-0.25, -0.2) is 4.39 Å². The molecule has 0 spiro atoms. The lowest BCUT2D eigenvalue weighted by atomic mass is 10.2. The Morgan fingerprint density at radius 1 is 0.963 bits per heavy atom. The molecular formula is C21H22FN3O2. The molecule has 0 atom stereocenters. The second-order valence-electron chi connectivity index (χ2n) is 6.40. The Morgan fingerprint density at radius 3 is 2.30 bits per heavy atom. The minimum Gasteiger partial charge on any atom is -0.337 e. The Bertz CT molecular complexity index is 798. The van der Waals surface area contributed by atoms with Gasteiger partial charge in [-0.05, 0) is 35.9 Å². The number of hydrogen-bond acceptors (Lipinski definition) is 3. The first kappa shape index (κ1) is 18.8. The molecule has 1 N–H and O–H groups in total. The van der Waals surface area contributed by atoms with E-state index in [9.17, 15) is 14.0 Å². The first-order chi connectivity index (χ1) is 13.1. The number of hydrogen-bond donors (Lipinski definition) is 1. The van der Waals surface area contributed by atoms with E-state index in [-0.39, 0.29) is 24.2 Å². The van der Waals surface area contributed by atoms with Crippen LogP contribution in [0.2, 0.25) is 0 Å². The van der Waals surface area contributed by atoms with Crippen molar-refractivity contribution >= 4 is 23.6 Å². The minimum atomic E-state index is -0.338. The number of nitrogens with zero attached hydrogens (tertiary/aromatic N) is 2. The number of amides is 2. The fourth-order valence-electron chi connectivity index (χ4n) is 2.90. The van der Waals surface area contributed by atoms with Crippen molar-refractivity contribution in [2.24, 2.45) is 0 Å². The maximum absolute atomic E-state index is 12.9. The summed E-state index contributed by atoms with van der Waals surface area (Å²) < 4.78 is 12.9. The first-order valence-electron chi connectivity index (χ1n) is 8.90. The summed E-state index contributed by atoms with van der Waals surface area (Å²) in [5, 5.41) is 2.75. The summed E-state index contributed by atoms with van der Waals surface area (Å²) in [6.45, 7) is 2.70. The van der Waals surface area contributed by atoms with E-state index in [1.165, 1.54) is 24.3 Å². The highest BCUT2D eigenvalue weighted by atomic mass is 19.1. The third-order valence-corrected chi connectivity index (χ3v) is 4.40. The second kappa shape index (κ2) is 9.09. The smallest absolute Gasteiger partial charge is 0.246 e. The van der Waals surface area contributed by atoms with Gasteiger partial charge in [0.1, 0.15) is 5.82 Å². The predicted molar refractivity (Wildman–Crippen MR) is 104 cm³/mol. The molecule has 0 aliphatic carbocycles. The van der Waals surface area contributed by atoms with Crippen LogP contribution in [0.15, 0.2) is 60.7 Å². The Balaban J connectivity index is 1.43. The molecule has 1 aliphatic heterocycles. The van der Waals surface area contributed by atoms with Crippen LogP contribution < -0.4 is 5.32 Å². The zero-order valence-electron chi connectivity index (χ0n) is 15.0. The summed E-state index contributed by atoms with van der Waals surface area (Å²) in [4.78, 5) is 28.2. The highest BCUT2D eigenvalue weighted by Crippen LogP contribution is 2.09. The van der Waals surface area contributed by atoms with Crippen LogP contribution in [0.1, 0.15) is 5.56 Å². The molecule has 6 heteroatoms. The molecule has 0 unspecified atom stereocenters. The summed E-state index contributed by atoms with van der Waals surface area (Å²) in [7, 11) is 0. The van der Waals surface area contributed by atoms with Gasteiger partial charge in [-0.15, -0.1) is 0 Å². The lowest BCUT2D eigenvalue weighted by Crippen LogP contribution is -2.50. The average molecular weight is 367 g/mol. The monoisotopic (exact) mass is 367 g/mol. The van der Waals surface area contributed by atoms with Crippen molar-refractivity contribution in [2.75, 3.05) is 38.0 Å². The molecule has 1 heterocycles. The Labute approximate surface area is 158 Å². The van der Waals surface area contributed by atoms with Crippen LogP contribution in [-0.4, -0.2) is 54.3 Å². The molecule has 140 valence electrons. The van der Waals surface area contributed by atoms with Gasteiger partial charge in [0.2, 0.25) is 11.8 Å². The molecular weight excluding hydrogens is 345 g/mol. The highest BCUT2D eigenvalue weighted by molar-refractivity contribution is 5.93. The fourth-order valence-corrected chi connectivity index (χ4v) is 2.90. The minimum absolute atomic E-state index is 0.0192. The van der Waals surface area contributed by atoms with Crippen molar-refractivity contribution in [3.63, 3.8) is 0 Å². The lowest BCUT2D eigenvalue weighted by molar-refractivity contribution is -0.127. The average Bonchev–Trinajstić information content (AvgIpc) is 2.69. The van der Waals surface area contributed by atoms with Gasteiger partial charge in [0.15, 0.2) is 0 Å². The second-order valence-corrected chi connectivity index (χ2v) is 6.40. The number of benzene rings is 2. The third kappa shape index (κ3) is 5.76. The number of nitrogens with one attached hydrogen (secondary N) is 1. The van der Waals surface area contributed by atoms with Gasteiger partial charge in [-0.1, -0.05) is 30.3 Å². The summed E-state index contributed by atoms with van der Waals surface area (Å²) in [6, 6.07) is 15.4. The van der Waals surface area contributed by atoms with E-state index in [0.29, 0.717) is 31.9 Å². The third-order valence-electron chi connectivity index (χ3n) is 4.40. The summed E-state index contributed by atoms with van der Waals surface area (Å²) in [5.41, 5.74) is 1.56. The van der Waals surface area contributed by atoms with Crippen molar-refractivity contribution in [3.05, 3.63) is 72.1 Å². The molecule has 5 nitrogen and oxygen atoms in total. The van der Waals surface area contributed by atoms with Crippen molar-refractivity contribution in [1.82, 2.24) is 9.80 Å². The van der Waals surface area contributed by atoms with Crippen LogP contribution in [0.3, 0.4) is 0 Å². The summed E-state index contributed by atoms with van der Waals surface area (Å²) in [6.07, 6.45) is 3.40. The number of carbonyl (C=O) groups is 2. The van der Waals surface area contributed by atoms with E-state index in [0.717, 1.165) is 5.56 Å². The van der Waals surface area contributed by atoms with Gasteiger partial charge < -0.3 is 10.2 Å². The van der Waals surface area contributed by atoms with Gasteiger partial charge >= 0.3 is 0 Å². The van der Waals surface area contributed by atoms with Gasteiger partial charge in [0, 0.05) is 37.9 Å². The number of halogens is 1. The van der Waals surface area contributed by atoms with Crippen LogP contribution >= 0.6 is 0 Å². The zero-order chi connectivity index (χ0) is 19.1. The van der Waals surface area contributed by atoms with Crippen LogP contribution in [0.5, 0.6) is 0 Å². The molecule has 0 radical (unpaired) electrons. The predicted octanol–water partition coefficient (Wildman–Crippen LogP) is 2.62. The molecule has 3 rings (SSSR count). The maximum atomic E-state index is 12.9. The van der Waals surface area contributed by atoms with Crippen LogP contribution in [-0.2, 0) is 9.59 Å². The number of anilines is 1. The molecule has 0 aromatic heterocycles. The standard InChI is InChI=1S/C21H22FN3O2/c22-18-7-9-19(10-8-18)23-20(26)16-24-12-14-25(15-13-24)21(27)11-6-17-4-2-1-3-5-17/h1-11H,12-16H2,(H,23,26). The fraction of sp³-hybridized carbons (Fsp3) is 0.238. The van der Waals surface area contributed by atoms with Gasteiger partial charge in [-0.3, -0.25) is 14.5 Å².